The molecule has 0 aliphatic carbocycles. The minimum Gasteiger partial charge on any atom is -0.352 e. The summed E-state index contributed by atoms with van der Waals surface area (Å²) in [6.07, 6.45) is 4.49. The third kappa shape index (κ3) is 9.04. The first-order chi connectivity index (χ1) is 7.57. The maximum absolute atomic E-state index is 11.5. The van der Waals surface area contributed by atoms with E-state index in [4.69, 9.17) is 0 Å². The molecular weight excluding hydrogens is 220 g/mol. The molecule has 1 unspecified atom stereocenters. The second kappa shape index (κ2) is 9.97. The summed E-state index contributed by atoms with van der Waals surface area (Å²) in [4.78, 5) is 11.5. The number of nitrogens with one attached hydrogen (secondary N) is 2. The van der Waals surface area contributed by atoms with Gasteiger partial charge in [0.05, 0.1) is 6.54 Å². The Kier molecular flexibility index (Phi) is 9.83. The average Bonchev–Trinajstić information content (AvgIpc) is 2.23. The monoisotopic (exact) mass is 246 g/mol. The summed E-state index contributed by atoms with van der Waals surface area (Å²) in [6.45, 7) is 7.64. The lowest BCUT2D eigenvalue weighted by Gasteiger charge is -2.17. The third-order valence-electron chi connectivity index (χ3n) is 2.63. The fraction of sp³-hybridized carbons (Fsp3) is 0.917. The van der Waals surface area contributed by atoms with Crippen molar-refractivity contribution >= 4 is 17.7 Å². The van der Waals surface area contributed by atoms with Crippen LogP contribution in [0.4, 0.5) is 0 Å². The van der Waals surface area contributed by atoms with Gasteiger partial charge in [0.2, 0.25) is 5.91 Å². The molecule has 0 rings (SSSR count). The fourth-order valence-corrected chi connectivity index (χ4v) is 1.66. The summed E-state index contributed by atoms with van der Waals surface area (Å²) in [5, 5.41) is 6.14. The third-order valence-corrected chi connectivity index (χ3v) is 3.32. The molecule has 1 amide bonds. The summed E-state index contributed by atoms with van der Waals surface area (Å²) in [7, 11) is 0. The lowest BCUT2D eigenvalue weighted by Crippen LogP contribution is -2.41. The molecular formula is C12H26N2OS. The van der Waals surface area contributed by atoms with Crippen molar-refractivity contribution in [3.63, 3.8) is 0 Å². The molecule has 0 radical (unpaired) electrons. The smallest absolute Gasteiger partial charge is 0.234 e. The van der Waals surface area contributed by atoms with E-state index in [0.717, 1.165) is 13.0 Å². The van der Waals surface area contributed by atoms with Gasteiger partial charge in [0.25, 0.3) is 0 Å². The van der Waals surface area contributed by atoms with Gasteiger partial charge in [-0.15, -0.1) is 0 Å². The average molecular weight is 246 g/mol. The van der Waals surface area contributed by atoms with E-state index < -0.39 is 0 Å². The lowest BCUT2D eigenvalue weighted by atomic mass is 10.1. The molecule has 2 N–H and O–H groups in total. The van der Waals surface area contributed by atoms with E-state index in [2.05, 4.69) is 30.7 Å². The van der Waals surface area contributed by atoms with Crippen molar-refractivity contribution < 1.29 is 4.79 Å². The van der Waals surface area contributed by atoms with Crippen LogP contribution in [0.2, 0.25) is 0 Å². The Morgan fingerprint density at radius 2 is 1.94 bits per heavy atom. The van der Waals surface area contributed by atoms with Gasteiger partial charge in [-0.1, -0.05) is 13.8 Å². The largest absolute Gasteiger partial charge is 0.352 e. The van der Waals surface area contributed by atoms with Gasteiger partial charge in [-0.2, -0.15) is 11.8 Å². The number of rotatable bonds is 9. The molecule has 0 aromatic rings. The summed E-state index contributed by atoms with van der Waals surface area (Å²) in [5.74, 6) is 1.80. The standard InChI is InChI=1S/C12H26N2OS/c1-10(2)11(3)14-12(15)9-13-7-5-6-8-16-4/h10-11,13H,5-9H2,1-4H3,(H,14,15). The van der Waals surface area contributed by atoms with Gasteiger partial charge in [0.1, 0.15) is 0 Å². The van der Waals surface area contributed by atoms with Crippen molar-refractivity contribution in [1.82, 2.24) is 10.6 Å². The van der Waals surface area contributed by atoms with Crippen molar-refractivity contribution in [2.45, 2.75) is 39.7 Å². The minimum atomic E-state index is 0.103. The molecule has 4 heteroatoms. The quantitative estimate of drug-likeness (QED) is 0.610. The Bertz CT molecular complexity index is 186. The zero-order chi connectivity index (χ0) is 12.4. The fourth-order valence-electron chi connectivity index (χ4n) is 1.17. The highest BCUT2D eigenvalue weighted by atomic mass is 32.2. The van der Waals surface area contributed by atoms with Gasteiger partial charge in [-0.05, 0) is 44.2 Å². The van der Waals surface area contributed by atoms with Gasteiger partial charge in [-0.25, -0.2) is 0 Å². The van der Waals surface area contributed by atoms with Crippen LogP contribution >= 0.6 is 11.8 Å². The number of hydrogen-bond donors (Lipinski definition) is 2. The molecule has 16 heavy (non-hydrogen) atoms. The summed E-state index contributed by atoms with van der Waals surface area (Å²) in [6, 6.07) is 0.255. The molecule has 96 valence electrons. The molecule has 3 nitrogen and oxygen atoms in total. The van der Waals surface area contributed by atoms with Crippen LogP contribution in [-0.4, -0.2) is 37.0 Å². The number of unbranched alkanes of at least 4 members (excludes halogenated alkanes) is 1. The van der Waals surface area contributed by atoms with Crippen LogP contribution in [0, 0.1) is 5.92 Å². The predicted molar refractivity (Wildman–Crippen MR) is 72.9 cm³/mol. The molecule has 0 fully saturated rings. The minimum absolute atomic E-state index is 0.103. The summed E-state index contributed by atoms with van der Waals surface area (Å²) >= 11 is 1.87. The van der Waals surface area contributed by atoms with Crippen LogP contribution in [0.15, 0.2) is 0 Å². The van der Waals surface area contributed by atoms with Gasteiger partial charge in [-0.3, -0.25) is 4.79 Å². The molecule has 0 heterocycles. The normalized spacial score (nSPS) is 12.8. The Morgan fingerprint density at radius 1 is 1.25 bits per heavy atom. The highest BCUT2D eigenvalue weighted by molar-refractivity contribution is 7.98. The highest BCUT2D eigenvalue weighted by Crippen LogP contribution is 1.99. The molecule has 0 aromatic carbocycles. The Labute approximate surface area is 104 Å². The first kappa shape index (κ1) is 15.8. The van der Waals surface area contributed by atoms with Crippen molar-refractivity contribution in [1.29, 1.82) is 0 Å². The molecule has 0 aromatic heterocycles. The van der Waals surface area contributed by atoms with Crippen LogP contribution in [0.3, 0.4) is 0 Å². The zero-order valence-electron chi connectivity index (χ0n) is 11.0. The van der Waals surface area contributed by atoms with Gasteiger partial charge >= 0.3 is 0 Å². The van der Waals surface area contributed by atoms with E-state index in [1.54, 1.807) is 0 Å². The van der Waals surface area contributed by atoms with E-state index in [9.17, 15) is 4.79 Å². The van der Waals surface area contributed by atoms with E-state index >= 15 is 0 Å². The maximum Gasteiger partial charge on any atom is 0.234 e. The molecule has 0 saturated carbocycles. The number of thioether (sulfide) groups is 1. The number of carbonyl (C=O) groups excluding carboxylic acids is 1. The maximum atomic E-state index is 11.5. The van der Waals surface area contributed by atoms with Crippen LogP contribution in [0.25, 0.3) is 0 Å². The van der Waals surface area contributed by atoms with Crippen molar-refractivity contribution in [3.8, 4) is 0 Å². The topological polar surface area (TPSA) is 41.1 Å². The Hall–Kier alpha value is -0.220. The van der Waals surface area contributed by atoms with E-state index in [-0.39, 0.29) is 11.9 Å². The SMILES string of the molecule is CSCCCCNCC(=O)NC(C)C(C)C. The highest BCUT2D eigenvalue weighted by Gasteiger charge is 2.09. The van der Waals surface area contributed by atoms with Crippen LogP contribution < -0.4 is 10.6 Å². The summed E-state index contributed by atoms with van der Waals surface area (Å²) < 4.78 is 0. The zero-order valence-corrected chi connectivity index (χ0v) is 11.8. The van der Waals surface area contributed by atoms with Gasteiger partial charge in [0.15, 0.2) is 0 Å². The van der Waals surface area contributed by atoms with Crippen molar-refractivity contribution in [2.24, 2.45) is 5.92 Å². The molecule has 0 aliphatic heterocycles. The molecule has 0 bridgehead atoms. The van der Waals surface area contributed by atoms with E-state index in [1.165, 1.54) is 12.2 Å². The predicted octanol–water partition coefficient (Wildman–Crippen LogP) is 1.88. The van der Waals surface area contributed by atoms with E-state index in [0.29, 0.717) is 12.5 Å². The molecule has 0 aliphatic rings. The Morgan fingerprint density at radius 3 is 2.50 bits per heavy atom. The second-order valence-electron chi connectivity index (χ2n) is 4.48. The Balaban J connectivity index is 3.37. The van der Waals surface area contributed by atoms with E-state index in [1.807, 2.05) is 18.7 Å². The number of carbonyl (C=O) groups is 1. The summed E-state index contributed by atoms with van der Waals surface area (Å²) in [5.41, 5.74) is 0. The van der Waals surface area contributed by atoms with Crippen LogP contribution in [0.1, 0.15) is 33.6 Å². The lowest BCUT2D eigenvalue weighted by molar-refractivity contribution is -0.121. The molecule has 1 atom stereocenters. The molecule has 0 saturated heterocycles. The first-order valence-electron chi connectivity index (χ1n) is 6.07. The van der Waals surface area contributed by atoms with Crippen molar-refractivity contribution in [2.75, 3.05) is 25.1 Å². The second-order valence-corrected chi connectivity index (χ2v) is 5.46. The first-order valence-corrected chi connectivity index (χ1v) is 7.46. The molecule has 0 spiro atoms. The van der Waals surface area contributed by atoms with Crippen LogP contribution in [-0.2, 0) is 4.79 Å². The number of hydrogen-bond acceptors (Lipinski definition) is 3. The van der Waals surface area contributed by atoms with Gasteiger partial charge in [0, 0.05) is 6.04 Å². The number of amides is 1. The van der Waals surface area contributed by atoms with Gasteiger partial charge < -0.3 is 10.6 Å². The van der Waals surface area contributed by atoms with Crippen molar-refractivity contribution in [3.05, 3.63) is 0 Å². The van der Waals surface area contributed by atoms with Crippen LogP contribution in [0.5, 0.6) is 0 Å².